The third-order valence-electron chi connectivity index (χ3n) is 6.11. The van der Waals surface area contributed by atoms with Crippen molar-refractivity contribution in [1.29, 1.82) is 0 Å². The molecule has 1 N–H and O–H groups in total. The predicted octanol–water partition coefficient (Wildman–Crippen LogP) is 3.84. The van der Waals surface area contributed by atoms with Crippen LogP contribution in [0.25, 0.3) is 0 Å². The second-order valence-corrected chi connectivity index (χ2v) is 10.8. The Kier molecular flexibility index (Phi) is 7.02. The van der Waals surface area contributed by atoms with Gasteiger partial charge in [0.2, 0.25) is 11.8 Å². The number of aromatic nitrogens is 1. The van der Waals surface area contributed by atoms with Crippen LogP contribution in [0.2, 0.25) is 5.02 Å². The monoisotopic (exact) mass is 560 g/mol. The molecule has 1 saturated heterocycles. The van der Waals surface area contributed by atoms with Gasteiger partial charge in [0.05, 0.1) is 30.3 Å². The van der Waals surface area contributed by atoms with E-state index in [1.165, 1.54) is 23.8 Å². The van der Waals surface area contributed by atoms with Crippen molar-refractivity contribution >= 4 is 58.2 Å². The summed E-state index contributed by atoms with van der Waals surface area (Å²) in [6.45, 7) is 1.55. The summed E-state index contributed by atoms with van der Waals surface area (Å²) in [4.78, 5) is 56.0. The zero-order chi connectivity index (χ0) is 26.3. The molecule has 37 heavy (non-hydrogen) atoms. The zero-order valence-electron chi connectivity index (χ0n) is 19.7. The number of carbonyl (C=O) groups is 3. The third-order valence-corrected chi connectivity index (χ3v) is 8.75. The topological polar surface area (TPSA) is 115 Å². The molecular weight excluding hydrogens is 540 g/mol. The van der Waals surface area contributed by atoms with E-state index in [9.17, 15) is 19.2 Å². The first-order chi connectivity index (χ1) is 17.8. The number of thiazole rings is 1. The summed E-state index contributed by atoms with van der Waals surface area (Å²) in [5, 5.41) is 0.117. The molecule has 3 atom stereocenters. The molecule has 3 heterocycles. The summed E-state index contributed by atoms with van der Waals surface area (Å²) >= 11 is 8.49. The van der Waals surface area contributed by atoms with Crippen LogP contribution in [-0.4, -0.2) is 48.3 Å². The smallest absolute Gasteiger partial charge is 0.344 e. The molecule has 0 aliphatic carbocycles. The average Bonchev–Trinajstić information content (AvgIpc) is 3.37. The number of methoxy groups -OCH3 is 1. The first-order valence-electron chi connectivity index (χ1n) is 11.3. The van der Waals surface area contributed by atoms with Gasteiger partial charge in [-0.05, 0) is 49.4 Å². The number of esters is 1. The molecule has 9 nitrogen and oxygen atoms in total. The normalized spacial score (nSPS) is 20.4. The van der Waals surface area contributed by atoms with E-state index in [-0.39, 0.29) is 24.0 Å². The van der Waals surface area contributed by atoms with Crippen molar-refractivity contribution < 1.29 is 28.6 Å². The minimum atomic E-state index is -0.832. The Balaban J connectivity index is 1.59. The van der Waals surface area contributed by atoms with Gasteiger partial charge in [-0.15, -0.1) is 0 Å². The van der Waals surface area contributed by atoms with Crippen LogP contribution in [0, 0.1) is 5.92 Å². The molecule has 2 aliphatic heterocycles. The van der Waals surface area contributed by atoms with E-state index in [2.05, 4.69) is 4.98 Å². The molecule has 192 valence electrons. The number of nitrogens with one attached hydrogen (secondary N) is 1. The minimum Gasteiger partial charge on any atom is -0.497 e. The number of hydrogen-bond acceptors (Lipinski definition) is 9. The van der Waals surface area contributed by atoms with Gasteiger partial charge in [0, 0.05) is 21.4 Å². The number of fused-ring (bicyclic) bond motifs is 2. The van der Waals surface area contributed by atoms with Gasteiger partial charge in [-0.25, -0.2) is 9.69 Å². The number of halogens is 1. The van der Waals surface area contributed by atoms with E-state index in [1.807, 2.05) is 0 Å². The highest BCUT2D eigenvalue weighted by molar-refractivity contribution is 8.00. The molecule has 12 heteroatoms. The lowest BCUT2D eigenvalue weighted by Gasteiger charge is -2.31. The van der Waals surface area contributed by atoms with Crippen molar-refractivity contribution in [1.82, 2.24) is 4.98 Å². The summed E-state index contributed by atoms with van der Waals surface area (Å²) in [5.74, 6) is -1.98. The highest BCUT2D eigenvalue weighted by atomic mass is 35.5. The number of aromatic amines is 1. The van der Waals surface area contributed by atoms with Crippen molar-refractivity contribution in [3.63, 3.8) is 0 Å². The van der Waals surface area contributed by atoms with Gasteiger partial charge in [0.25, 0.3) is 0 Å². The number of hydrogen-bond donors (Lipinski definition) is 1. The Morgan fingerprint density at radius 1 is 1.11 bits per heavy atom. The van der Waals surface area contributed by atoms with Gasteiger partial charge in [-0.2, -0.15) is 0 Å². The highest BCUT2D eigenvalue weighted by Crippen LogP contribution is 2.54. The maximum absolute atomic E-state index is 13.9. The van der Waals surface area contributed by atoms with Crippen LogP contribution in [0.15, 0.2) is 52.3 Å². The Morgan fingerprint density at radius 3 is 2.57 bits per heavy atom. The summed E-state index contributed by atoms with van der Waals surface area (Å²) in [7, 11) is 1.53. The van der Waals surface area contributed by atoms with Crippen LogP contribution in [-0.2, 0) is 19.1 Å². The van der Waals surface area contributed by atoms with Gasteiger partial charge in [0.15, 0.2) is 6.61 Å². The van der Waals surface area contributed by atoms with Crippen LogP contribution in [0.4, 0.5) is 5.69 Å². The van der Waals surface area contributed by atoms with E-state index in [0.29, 0.717) is 37.7 Å². The number of benzene rings is 2. The van der Waals surface area contributed by atoms with Gasteiger partial charge in [-0.1, -0.05) is 34.7 Å². The zero-order valence-corrected chi connectivity index (χ0v) is 22.1. The number of carbonyl (C=O) groups excluding carboxylic acids is 3. The second kappa shape index (κ2) is 10.2. The Hall–Kier alpha value is -3.28. The lowest BCUT2D eigenvalue weighted by Crippen LogP contribution is -2.32. The molecule has 2 aromatic carbocycles. The number of imide groups is 1. The van der Waals surface area contributed by atoms with Gasteiger partial charge in [0.1, 0.15) is 16.7 Å². The predicted molar refractivity (Wildman–Crippen MR) is 139 cm³/mol. The fraction of sp³-hybridized carbons (Fsp3) is 0.280. The molecule has 1 aromatic heterocycles. The van der Waals surface area contributed by atoms with Crippen molar-refractivity contribution in [2.24, 2.45) is 5.92 Å². The van der Waals surface area contributed by atoms with Crippen molar-refractivity contribution in [2.45, 2.75) is 23.1 Å². The van der Waals surface area contributed by atoms with Crippen LogP contribution in [0.1, 0.15) is 23.3 Å². The number of amides is 2. The largest absolute Gasteiger partial charge is 0.497 e. The minimum absolute atomic E-state index is 0.206. The molecule has 0 spiro atoms. The molecule has 5 rings (SSSR count). The lowest BCUT2D eigenvalue weighted by atomic mass is 9.82. The molecular formula is C25H21ClN2O7S2. The quantitative estimate of drug-likeness (QED) is 0.342. The highest BCUT2D eigenvalue weighted by Gasteiger charge is 2.56. The van der Waals surface area contributed by atoms with Crippen molar-refractivity contribution in [3.8, 4) is 11.5 Å². The molecule has 0 unspecified atom stereocenters. The molecule has 2 amide bonds. The molecule has 1 fully saturated rings. The SMILES string of the molecule is CCOC(=O)COc1ccc(Cl)cc1[C@@H]1c2sc(=O)[nH]c2S[C@H]2C(=O)N(c3ccc(OC)cc3)C(=O)[C@@H]12. The van der Waals surface area contributed by atoms with E-state index in [0.717, 1.165) is 11.3 Å². The first kappa shape index (κ1) is 25.4. The van der Waals surface area contributed by atoms with Crippen LogP contribution in [0.3, 0.4) is 0 Å². The lowest BCUT2D eigenvalue weighted by molar-refractivity contribution is -0.145. The number of ether oxygens (including phenoxy) is 3. The molecule has 2 aliphatic rings. The maximum Gasteiger partial charge on any atom is 0.344 e. The Morgan fingerprint density at radius 2 is 1.86 bits per heavy atom. The van der Waals surface area contributed by atoms with Gasteiger partial charge in [-0.3, -0.25) is 14.4 Å². The summed E-state index contributed by atoms with van der Waals surface area (Å²) in [5.41, 5.74) is 0.924. The molecule has 0 bridgehead atoms. The van der Waals surface area contributed by atoms with Crippen LogP contribution >= 0.6 is 34.7 Å². The maximum atomic E-state index is 13.9. The first-order valence-corrected chi connectivity index (χ1v) is 13.4. The molecule has 0 radical (unpaired) electrons. The van der Waals surface area contributed by atoms with Gasteiger partial charge < -0.3 is 19.2 Å². The Labute approximate surface area is 224 Å². The van der Waals surface area contributed by atoms with E-state index >= 15 is 0 Å². The second-order valence-electron chi connectivity index (χ2n) is 8.24. The van der Waals surface area contributed by atoms with E-state index < -0.39 is 29.0 Å². The number of nitrogens with zero attached hydrogens (tertiary/aromatic N) is 1. The van der Waals surface area contributed by atoms with Crippen LogP contribution < -0.4 is 19.2 Å². The van der Waals surface area contributed by atoms with Crippen LogP contribution in [0.5, 0.6) is 11.5 Å². The average molecular weight is 561 g/mol. The summed E-state index contributed by atoms with van der Waals surface area (Å²) in [6.07, 6.45) is 0. The molecule has 3 aromatic rings. The fourth-order valence-corrected chi connectivity index (χ4v) is 7.26. The molecule has 0 saturated carbocycles. The number of H-pyrrole nitrogens is 1. The van der Waals surface area contributed by atoms with E-state index in [1.54, 1.807) is 49.4 Å². The van der Waals surface area contributed by atoms with Crippen molar-refractivity contribution in [2.75, 3.05) is 25.2 Å². The Bertz CT molecular complexity index is 1440. The number of anilines is 1. The van der Waals surface area contributed by atoms with Gasteiger partial charge >= 0.3 is 10.8 Å². The summed E-state index contributed by atoms with van der Waals surface area (Å²) < 4.78 is 15.9. The number of thioether (sulfide) groups is 1. The summed E-state index contributed by atoms with van der Waals surface area (Å²) in [6, 6.07) is 11.5. The standard InChI is InChI=1S/C25H21ClN2O7S2/c1-3-34-17(29)11-35-16-9-4-12(26)10-15(16)18-19-21(36-22-20(18)37-25(32)27-22)24(31)28(23(19)30)13-5-7-14(33-2)8-6-13/h4-10,18-19,21H,3,11H2,1-2H3,(H,27,32)/t18-,19-,21+/m0/s1. The fourth-order valence-electron chi connectivity index (χ4n) is 4.57. The number of rotatable bonds is 7. The van der Waals surface area contributed by atoms with E-state index in [4.69, 9.17) is 25.8 Å². The third kappa shape index (κ3) is 4.62. The van der Waals surface area contributed by atoms with Crippen molar-refractivity contribution in [3.05, 3.63) is 67.6 Å².